The Morgan fingerprint density at radius 1 is 1.44 bits per heavy atom. The monoisotopic (exact) mass is 355 g/mol. The Morgan fingerprint density at radius 2 is 2.20 bits per heavy atom. The number of anilines is 1. The van der Waals surface area contributed by atoms with E-state index in [-0.39, 0.29) is 13.2 Å². The minimum absolute atomic E-state index is 0.0986. The maximum absolute atomic E-state index is 12.9. The zero-order chi connectivity index (χ0) is 17.9. The van der Waals surface area contributed by atoms with Gasteiger partial charge in [0.2, 0.25) is 6.43 Å². The first kappa shape index (κ1) is 18.0. The van der Waals surface area contributed by atoms with Gasteiger partial charge in [-0.3, -0.25) is 0 Å². The number of ether oxygens (including phenoxy) is 1. The highest BCUT2D eigenvalue weighted by atomic mass is 19.3. The van der Waals surface area contributed by atoms with Crippen molar-refractivity contribution in [3.05, 3.63) is 18.0 Å². The summed E-state index contributed by atoms with van der Waals surface area (Å²) in [6, 6.07) is 1.74. The van der Waals surface area contributed by atoms with Crippen LogP contribution in [-0.4, -0.2) is 47.0 Å². The molecule has 0 aromatic carbocycles. The molecule has 1 aliphatic carbocycles. The van der Waals surface area contributed by atoms with Crippen LogP contribution in [-0.2, 0) is 4.74 Å². The summed E-state index contributed by atoms with van der Waals surface area (Å²) in [5, 5.41) is 17.1. The second-order valence-corrected chi connectivity index (χ2v) is 6.58. The Hall–Kier alpha value is -1.80. The minimum atomic E-state index is -2.29. The summed E-state index contributed by atoms with van der Waals surface area (Å²) >= 11 is 0. The molecule has 6 nitrogen and oxygen atoms in total. The molecule has 2 aromatic rings. The smallest absolute Gasteiger partial charge is 0.241 e. The van der Waals surface area contributed by atoms with E-state index >= 15 is 0 Å². The van der Waals surface area contributed by atoms with Gasteiger partial charge in [-0.05, 0) is 32.6 Å². The molecule has 1 saturated carbocycles. The van der Waals surface area contributed by atoms with Crippen molar-refractivity contribution in [1.29, 1.82) is 0 Å². The number of aromatic nitrogens is 2. The van der Waals surface area contributed by atoms with Crippen LogP contribution >= 0.6 is 0 Å². The van der Waals surface area contributed by atoms with E-state index in [9.17, 15) is 8.78 Å². The number of halogens is 2. The van der Waals surface area contributed by atoms with Gasteiger partial charge in [-0.2, -0.15) is 0 Å². The normalized spacial score (nSPS) is 24.1. The number of pyridine rings is 1. The number of nitrogens with zero attached hydrogens (tertiary/aromatic N) is 2. The standard InChI is InChI=1S/C17H23F2N3O3/c1-11-14-13(25-22-11)4-7-20-16(14)21-10-17(24-9-8-23)5-2-12(3-6-17)15(18)19/h4,7,12,15,23H,2-3,5-6,8-10H2,1H3,(H,20,21). The fraction of sp³-hybridized carbons (Fsp3) is 0.647. The van der Waals surface area contributed by atoms with Crippen LogP contribution in [0.2, 0.25) is 0 Å². The summed E-state index contributed by atoms with van der Waals surface area (Å²) in [5.74, 6) is 0.0620. The largest absolute Gasteiger partial charge is 0.394 e. The Balaban J connectivity index is 1.73. The van der Waals surface area contributed by atoms with Gasteiger partial charge < -0.3 is 19.7 Å². The average Bonchev–Trinajstić information content (AvgIpc) is 3.00. The number of aliphatic hydroxyl groups excluding tert-OH is 1. The van der Waals surface area contributed by atoms with Crippen molar-refractivity contribution < 1.29 is 23.1 Å². The molecule has 2 N–H and O–H groups in total. The lowest BCUT2D eigenvalue weighted by atomic mass is 9.78. The molecule has 25 heavy (non-hydrogen) atoms. The summed E-state index contributed by atoms with van der Waals surface area (Å²) in [4.78, 5) is 4.34. The molecular formula is C17H23F2N3O3. The third-order valence-corrected chi connectivity index (χ3v) is 4.93. The summed E-state index contributed by atoms with van der Waals surface area (Å²) in [7, 11) is 0. The van der Waals surface area contributed by atoms with Crippen molar-refractivity contribution in [2.24, 2.45) is 5.92 Å². The van der Waals surface area contributed by atoms with Crippen LogP contribution in [0.1, 0.15) is 31.4 Å². The highest BCUT2D eigenvalue weighted by Gasteiger charge is 2.39. The third-order valence-electron chi connectivity index (χ3n) is 4.93. The van der Waals surface area contributed by atoms with Crippen LogP contribution < -0.4 is 5.32 Å². The molecule has 0 spiro atoms. The molecule has 0 unspecified atom stereocenters. The first-order valence-corrected chi connectivity index (χ1v) is 8.52. The van der Waals surface area contributed by atoms with E-state index in [1.54, 1.807) is 12.3 Å². The van der Waals surface area contributed by atoms with Gasteiger partial charge in [-0.1, -0.05) is 5.16 Å². The van der Waals surface area contributed by atoms with Crippen LogP contribution in [0.4, 0.5) is 14.6 Å². The van der Waals surface area contributed by atoms with Gasteiger partial charge in [-0.15, -0.1) is 0 Å². The number of nitrogens with one attached hydrogen (secondary N) is 1. The molecule has 1 aliphatic rings. The van der Waals surface area contributed by atoms with Crippen LogP contribution in [0.3, 0.4) is 0 Å². The van der Waals surface area contributed by atoms with Crippen molar-refractivity contribution in [1.82, 2.24) is 10.1 Å². The summed E-state index contributed by atoms with van der Waals surface area (Å²) in [6.07, 6.45) is 1.20. The molecule has 0 amide bonds. The van der Waals surface area contributed by atoms with E-state index in [0.717, 1.165) is 11.1 Å². The summed E-state index contributed by atoms with van der Waals surface area (Å²) < 4.78 is 37.0. The zero-order valence-corrected chi connectivity index (χ0v) is 14.2. The number of hydrogen-bond acceptors (Lipinski definition) is 6. The van der Waals surface area contributed by atoms with Crippen molar-refractivity contribution in [2.75, 3.05) is 25.1 Å². The van der Waals surface area contributed by atoms with Crippen LogP contribution in [0.5, 0.6) is 0 Å². The van der Waals surface area contributed by atoms with Crippen molar-refractivity contribution >= 4 is 16.8 Å². The lowest BCUT2D eigenvalue weighted by Gasteiger charge is -2.40. The molecular weight excluding hydrogens is 332 g/mol. The van der Waals surface area contributed by atoms with E-state index in [4.69, 9.17) is 14.4 Å². The lowest BCUT2D eigenvalue weighted by molar-refractivity contribution is -0.0909. The molecule has 8 heteroatoms. The quantitative estimate of drug-likeness (QED) is 0.794. The molecule has 1 fully saturated rings. The first-order valence-electron chi connectivity index (χ1n) is 8.52. The predicted molar refractivity (Wildman–Crippen MR) is 88.8 cm³/mol. The van der Waals surface area contributed by atoms with Crippen molar-refractivity contribution in [3.8, 4) is 0 Å². The topological polar surface area (TPSA) is 80.4 Å². The maximum atomic E-state index is 12.9. The minimum Gasteiger partial charge on any atom is -0.394 e. The Kier molecular flexibility index (Phi) is 5.48. The van der Waals surface area contributed by atoms with E-state index < -0.39 is 17.9 Å². The SMILES string of the molecule is Cc1noc2ccnc(NCC3(OCCO)CCC(C(F)F)CC3)c12. The Bertz CT molecular complexity index is 700. The highest BCUT2D eigenvalue weighted by Crippen LogP contribution is 2.38. The molecule has 0 aliphatic heterocycles. The molecule has 138 valence electrons. The number of aryl methyl sites for hydroxylation is 1. The van der Waals surface area contributed by atoms with E-state index in [2.05, 4.69) is 15.5 Å². The van der Waals surface area contributed by atoms with Gasteiger partial charge in [0, 0.05) is 24.7 Å². The van der Waals surface area contributed by atoms with Crippen LogP contribution in [0, 0.1) is 12.8 Å². The molecule has 0 atom stereocenters. The third kappa shape index (κ3) is 3.90. The second-order valence-electron chi connectivity index (χ2n) is 6.58. The van der Waals surface area contributed by atoms with Gasteiger partial charge in [0.25, 0.3) is 0 Å². The van der Waals surface area contributed by atoms with Gasteiger partial charge in [0.15, 0.2) is 5.58 Å². The lowest BCUT2D eigenvalue weighted by Crippen LogP contribution is -2.45. The first-order chi connectivity index (χ1) is 12.0. The zero-order valence-electron chi connectivity index (χ0n) is 14.2. The molecule has 2 heterocycles. The van der Waals surface area contributed by atoms with Crippen molar-refractivity contribution in [2.45, 2.75) is 44.6 Å². The fourth-order valence-electron chi connectivity index (χ4n) is 3.46. The number of alkyl halides is 2. The number of aliphatic hydroxyl groups is 1. The van der Waals surface area contributed by atoms with Gasteiger partial charge >= 0.3 is 0 Å². The fourth-order valence-corrected chi connectivity index (χ4v) is 3.46. The predicted octanol–water partition coefficient (Wildman–Crippen LogP) is 3.15. The van der Waals surface area contributed by atoms with E-state index in [0.29, 0.717) is 43.6 Å². The highest BCUT2D eigenvalue weighted by molar-refractivity contribution is 5.89. The van der Waals surface area contributed by atoms with Crippen molar-refractivity contribution in [3.63, 3.8) is 0 Å². The molecule has 2 aromatic heterocycles. The summed E-state index contributed by atoms with van der Waals surface area (Å²) in [5.41, 5.74) is 0.794. The van der Waals surface area contributed by atoms with E-state index in [1.807, 2.05) is 6.92 Å². The number of fused-ring (bicyclic) bond motifs is 1. The Morgan fingerprint density at radius 3 is 2.88 bits per heavy atom. The number of rotatable bonds is 7. The Labute approximate surface area is 144 Å². The van der Waals surface area contributed by atoms with E-state index in [1.165, 1.54) is 0 Å². The molecule has 0 saturated heterocycles. The van der Waals surface area contributed by atoms with Crippen LogP contribution in [0.25, 0.3) is 11.0 Å². The average molecular weight is 355 g/mol. The van der Waals surface area contributed by atoms with Gasteiger partial charge in [-0.25, -0.2) is 13.8 Å². The molecule has 0 radical (unpaired) electrons. The number of hydrogen-bond donors (Lipinski definition) is 2. The molecule has 3 rings (SSSR count). The second kappa shape index (κ2) is 7.61. The van der Waals surface area contributed by atoms with Crippen LogP contribution in [0.15, 0.2) is 16.8 Å². The molecule has 0 bridgehead atoms. The van der Waals surface area contributed by atoms with Gasteiger partial charge in [0.05, 0.1) is 29.9 Å². The van der Waals surface area contributed by atoms with Gasteiger partial charge in [0.1, 0.15) is 5.82 Å². The summed E-state index contributed by atoms with van der Waals surface area (Å²) in [6.45, 7) is 2.35. The maximum Gasteiger partial charge on any atom is 0.241 e.